The fraction of sp³-hybridized carbons (Fsp3) is 0.455. The molecular formula is C44H59ClN14O8. The quantitative estimate of drug-likeness (QED) is 0.0944. The minimum Gasteiger partial charge on any atom is -0.491 e. The SMILES string of the molecule is CC(C)(C)OC(=O)NC1CCNC1.COc1ccc(Nc2cc(Cl)nn3ccnc23)nc1OC.COc1ccc(Nc2cc(N3CCC(NC(=O)OC(C)(C)C)C3)nn3ccnc23)nc1OC. The predicted molar refractivity (Wildman–Crippen MR) is 253 cm³/mol. The summed E-state index contributed by atoms with van der Waals surface area (Å²) in [7, 11) is 6.20. The van der Waals surface area contributed by atoms with Crippen molar-refractivity contribution in [2.75, 3.05) is 70.2 Å². The van der Waals surface area contributed by atoms with Crippen molar-refractivity contribution < 1.29 is 38.0 Å². The molecule has 67 heavy (non-hydrogen) atoms. The highest BCUT2D eigenvalue weighted by Crippen LogP contribution is 2.31. The second-order valence-electron chi connectivity index (χ2n) is 17.2. The number of carbonyl (C=O) groups is 2. The molecule has 2 aliphatic rings. The van der Waals surface area contributed by atoms with Crippen LogP contribution in [0.15, 0.2) is 61.2 Å². The smallest absolute Gasteiger partial charge is 0.407 e. The molecule has 22 nitrogen and oxygen atoms in total. The van der Waals surface area contributed by atoms with Crippen LogP contribution in [-0.4, -0.2) is 129 Å². The number of hydrogen-bond acceptors (Lipinski definition) is 18. The molecule has 2 saturated heterocycles. The number of alkyl carbamates (subject to hydrolysis) is 2. The third-order valence-corrected chi connectivity index (χ3v) is 9.88. The van der Waals surface area contributed by atoms with Crippen LogP contribution in [0.3, 0.4) is 0 Å². The van der Waals surface area contributed by atoms with Crippen molar-refractivity contribution in [3.8, 4) is 23.3 Å². The van der Waals surface area contributed by atoms with Crippen LogP contribution in [0.25, 0.3) is 11.3 Å². The summed E-state index contributed by atoms with van der Waals surface area (Å²) < 4.78 is 34.7. The second kappa shape index (κ2) is 21.9. The number of pyridine rings is 2. The molecule has 0 spiro atoms. The van der Waals surface area contributed by atoms with E-state index in [-0.39, 0.29) is 18.2 Å². The van der Waals surface area contributed by atoms with Crippen molar-refractivity contribution >= 4 is 63.9 Å². The Labute approximate surface area is 393 Å². The molecule has 360 valence electrons. The van der Waals surface area contributed by atoms with Gasteiger partial charge in [0.25, 0.3) is 11.8 Å². The number of ether oxygens (including phenoxy) is 6. The van der Waals surface area contributed by atoms with Gasteiger partial charge in [0.2, 0.25) is 0 Å². The van der Waals surface area contributed by atoms with E-state index in [1.54, 1.807) is 85.5 Å². The van der Waals surface area contributed by atoms with Crippen LogP contribution >= 0.6 is 11.6 Å². The highest BCUT2D eigenvalue weighted by molar-refractivity contribution is 6.29. The Bertz CT molecular complexity index is 2610. The molecule has 8 heterocycles. The van der Waals surface area contributed by atoms with E-state index in [2.05, 4.69) is 61.6 Å². The molecule has 2 fully saturated rings. The summed E-state index contributed by atoms with van der Waals surface area (Å²) in [5, 5.41) is 24.5. The van der Waals surface area contributed by atoms with Crippen LogP contribution in [0, 0.1) is 0 Å². The van der Waals surface area contributed by atoms with E-state index in [1.807, 2.05) is 47.6 Å². The zero-order valence-electron chi connectivity index (χ0n) is 39.3. The molecule has 2 aliphatic heterocycles. The van der Waals surface area contributed by atoms with E-state index in [0.29, 0.717) is 63.6 Å². The Kier molecular flexibility index (Phi) is 16.2. The highest BCUT2D eigenvalue weighted by Gasteiger charge is 2.28. The molecule has 0 bridgehead atoms. The fourth-order valence-electron chi connectivity index (χ4n) is 6.81. The maximum atomic E-state index is 12.1. The molecule has 2 amide bonds. The van der Waals surface area contributed by atoms with Crippen molar-refractivity contribution in [3.63, 3.8) is 0 Å². The number of amides is 2. The molecule has 2 atom stereocenters. The third kappa shape index (κ3) is 14.0. The largest absolute Gasteiger partial charge is 0.491 e. The van der Waals surface area contributed by atoms with E-state index < -0.39 is 17.3 Å². The van der Waals surface area contributed by atoms with E-state index >= 15 is 0 Å². The zero-order chi connectivity index (χ0) is 48.3. The molecule has 0 radical (unpaired) electrons. The summed E-state index contributed by atoms with van der Waals surface area (Å²) in [6.45, 7) is 14.3. The number of rotatable bonds is 11. The maximum Gasteiger partial charge on any atom is 0.407 e. The number of anilines is 5. The van der Waals surface area contributed by atoms with Gasteiger partial charge in [0, 0.05) is 62.6 Å². The molecule has 8 rings (SSSR count). The van der Waals surface area contributed by atoms with Crippen LogP contribution < -0.4 is 50.4 Å². The standard InChI is InChI=1S/C22H29N7O4.C13H12ClN5O2.C9H18N2O2/c1-22(2,3)33-21(30)24-14-8-10-28(13-14)18-12-15(19-23-9-11-29(19)27-18)25-17-7-6-16(31-4)20(26-17)32-5;1-20-9-3-4-11(17-13(9)21-2)16-8-7-10(14)18-19-6-5-15-12(8)19;1-9(2,3)13-8(12)11-7-4-5-10-6-7/h6-7,9,11-12,14H,8,10,13H2,1-5H3,(H,24,30)(H,25,26);3-7H,1-2H3,(H,16,17);7,10H,4-6H2,1-3H3,(H,11,12). The lowest BCUT2D eigenvalue weighted by Crippen LogP contribution is -2.40. The predicted octanol–water partition coefficient (Wildman–Crippen LogP) is 6.40. The Hall–Kier alpha value is -7.07. The second-order valence-corrected chi connectivity index (χ2v) is 17.6. The van der Waals surface area contributed by atoms with Gasteiger partial charge in [0.15, 0.2) is 33.8 Å². The van der Waals surface area contributed by atoms with Gasteiger partial charge in [-0.05, 0) is 85.2 Å². The molecule has 2 unspecified atom stereocenters. The highest BCUT2D eigenvalue weighted by atomic mass is 35.5. The van der Waals surface area contributed by atoms with Gasteiger partial charge in [0.1, 0.15) is 22.8 Å². The number of imidazole rings is 2. The third-order valence-electron chi connectivity index (χ3n) is 9.69. The van der Waals surface area contributed by atoms with E-state index in [1.165, 1.54) is 7.11 Å². The van der Waals surface area contributed by atoms with E-state index in [4.69, 9.17) is 40.0 Å². The Balaban J connectivity index is 0.000000185. The molecule has 0 aromatic carbocycles. The number of nitrogens with one attached hydrogen (secondary N) is 5. The van der Waals surface area contributed by atoms with Crippen LogP contribution in [0.5, 0.6) is 23.3 Å². The lowest BCUT2D eigenvalue weighted by molar-refractivity contribution is 0.0497. The normalized spacial score (nSPS) is 15.7. The van der Waals surface area contributed by atoms with Gasteiger partial charge in [-0.2, -0.15) is 15.1 Å². The van der Waals surface area contributed by atoms with Crippen LogP contribution in [0.4, 0.5) is 38.4 Å². The van der Waals surface area contributed by atoms with Crippen molar-refractivity contribution in [1.29, 1.82) is 0 Å². The number of nitrogens with zero attached hydrogens (tertiary/aromatic N) is 9. The monoisotopic (exact) mass is 946 g/mol. The van der Waals surface area contributed by atoms with Crippen LogP contribution in [-0.2, 0) is 9.47 Å². The lowest BCUT2D eigenvalue weighted by Gasteiger charge is -2.22. The summed E-state index contributed by atoms with van der Waals surface area (Å²) in [6.07, 6.45) is 7.90. The molecule has 5 N–H and O–H groups in total. The Morgan fingerprint density at radius 3 is 1.72 bits per heavy atom. The summed E-state index contributed by atoms with van der Waals surface area (Å²) in [5.74, 6) is 3.80. The number of hydrogen-bond donors (Lipinski definition) is 5. The van der Waals surface area contributed by atoms with Gasteiger partial charge in [0.05, 0.1) is 45.9 Å². The number of carbonyl (C=O) groups excluding carboxylic acids is 2. The van der Waals surface area contributed by atoms with Crippen LogP contribution in [0.2, 0.25) is 5.15 Å². The summed E-state index contributed by atoms with van der Waals surface area (Å²) in [5.41, 5.74) is 1.81. The van der Waals surface area contributed by atoms with E-state index in [0.717, 1.165) is 44.0 Å². The summed E-state index contributed by atoms with van der Waals surface area (Å²) >= 11 is 5.99. The van der Waals surface area contributed by atoms with Gasteiger partial charge < -0.3 is 59.9 Å². The average Bonchev–Trinajstić information content (AvgIpc) is 4.12. The molecule has 0 aliphatic carbocycles. The fourth-order valence-corrected chi connectivity index (χ4v) is 7.00. The first-order chi connectivity index (χ1) is 31.9. The van der Waals surface area contributed by atoms with Gasteiger partial charge >= 0.3 is 12.2 Å². The maximum absolute atomic E-state index is 12.1. The van der Waals surface area contributed by atoms with Gasteiger partial charge in [-0.3, -0.25) is 0 Å². The number of halogens is 1. The topological polar surface area (TPSA) is 239 Å². The first-order valence-corrected chi connectivity index (χ1v) is 21.8. The lowest BCUT2D eigenvalue weighted by atomic mass is 10.2. The number of methoxy groups -OCH3 is 4. The molecular weight excluding hydrogens is 888 g/mol. The number of fused-ring (bicyclic) bond motifs is 2. The van der Waals surface area contributed by atoms with Gasteiger partial charge in [-0.15, -0.1) is 5.10 Å². The molecule has 6 aromatic heterocycles. The van der Waals surface area contributed by atoms with Gasteiger partial charge in [-0.1, -0.05) is 11.6 Å². The summed E-state index contributed by atoms with van der Waals surface area (Å²) in [4.78, 5) is 42.9. The van der Waals surface area contributed by atoms with E-state index in [9.17, 15) is 9.59 Å². The minimum absolute atomic E-state index is 0.0240. The van der Waals surface area contributed by atoms with Crippen molar-refractivity contribution in [3.05, 3.63) is 66.3 Å². The average molecular weight is 947 g/mol. The first kappa shape index (κ1) is 49.4. The van der Waals surface area contributed by atoms with Gasteiger partial charge in [-0.25, -0.2) is 28.6 Å². The number of aromatic nitrogens is 8. The van der Waals surface area contributed by atoms with Crippen LogP contribution in [0.1, 0.15) is 54.4 Å². The first-order valence-electron chi connectivity index (χ1n) is 21.4. The Morgan fingerprint density at radius 1 is 0.701 bits per heavy atom. The van der Waals surface area contributed by atoms with Crippen molar-refractivity contribution in [1.82, 2.24) is 55.1 Å². The summed E-state index contributed by atoms with van der Waals surface area (Å²) in [6, 6.07) is 10.9. The molecule has 0 saturated carbocycles. The minimum atomic E-state index is -0.533. The Morgan fingerprint density at radius 2 is 1.22 bits per heavy atom. The molecule has 6 aromatic rings. The van der Waals surface area contributed by atoms with Crippen molar-refractivity contribution in [2.24, 2.45) is 0 Å². The zero-order valence-corrected chi connectivity index (χ0v) is 40.1. The van der Waals surface area contributed by atoms with Crippen molar-refractivity contribution in [2.45, 2.75) is 77.7 Å². The molecule has 23 heteroatoms.